The van der Waals surface area contributed by atoms with Gasteiger partial charge in [0, 0.05) is 13.1 Å². The van der Waals surface area contributed by atoms with Crippen molar-refractivity contribution in [1.82, 2.24) is 10.2 Å². The molecule has 0 aliphatic rings. The highest BCUT2D eigenvalue weighted by Crippen LogP contribution is 2.08. The number of terminal acetylenes is 1. The molecule has 0 spiro atoms. The molecule has 104 valence electrons. The van der Waals surface area contributed by atoms with Crippen molar-refractivity contribution in [3.8, 4) is 12.3 Å². The average Bonchev–Trinajstić information content (AvgIpc) is 2.42. The SMILES string of the molecule is C#CCN(CCC)Cc1ccc(CNCCC)cc1. The lowest BCUT2D eigenvalue weighted by Gasteiger charge is -2.19. The molecule has 0 bridgehead atoms. The van der Waals surface area contributed by atoms with Gasteiger partial charge < -0.3 is 5.32 Å². The zero-order chi connectivity index (χ0) is 13.9. The normalized spacial score (nSPS) is 10.6. The van der Waals surface area contributed by atoms with Gasteiger partial charge in [0.05, 0.1) is 6.54 Å². The molecule has 0 aliphatic carbocycles. The molecule has 0 unspecified atom stereocenters. The van der Waals surface area contributed by atoms with Gasteiger partial charge in [-0.15, -0.1) is 6.42 Å². The maximum Gasteiger partial charge on any atom is 0.0601 e. The summed E-state index contributed by atoms with van der Waals surface area (Å²) in [6.07, 6.45) is 7.72. The van der Waals surface area contributed by atoms with Crippen LogP contribution in [0.4, 0.5) is 0 Å². The van der Waals surface area contributed by atoms with Gasteiger partial charge in [0.15, 0.2) is 0 Å². The Bertz CT molecular complexity index is 375. The topological polar surface area (TPSA) is 15.3 Å². The Labute approximate surface area is 118 Å². The van der Waals surface area contributed by atoms with Gasteiger partial charge in [-0.25, -0.2) is 0 Å². The largest absolute Gasteiger partial charge is 0.313 e. The highest BCUT2D eigenvalue weighted by Gasteiger charge is 2.03. The van der Waals surface area contributed by atoms with Crippen LogP contribution in [0, 0.1) is 12.3 Å². The van der Waals surface area contributed by atoms with Gasteiger partial charge >= 0.3 is 0 Å². The predicted octanol–water partition coefficient (Wildman–Crippen LogP) is 3.03. The number of rotatable bonds is 9. The van der Waals surface area contributed by atoms with E-state index in [1.165, 1.54) is 17.5 Å². The third-order valence-electron chi connectivity index (χ3n) is 3.04. The monoisotopic (exact) mass is 258 g/mol. The zero-order valence-electron chi connectivity index (χ0n) is 12.3. The Morgan fingerprint density at radius 3 is 2.37 bits per heavy atom. The molecule has 2 heteroatoms. The van der Waals surface area contributed by atoms with Crippen molar-refractivity contribution in [2.75, 3.05) is 19.6 Å². The van der Waals surface area contributed by atoms with E-state index in [0.29, 0.717) is 0 Å². The maximum absolute atomic E-state index is 5.41. The molecule has 1 rings (SSSR count). The van der Waals surface area contributed by atoms with Crippen molar-refractivity contribution < 1.29 is 0 Å². The first-order valence-electron chi connectivity index (χ1n) is 7.24. The molecule has 0 heterocycles. The first-order valence-corrected chi connectivity index (χ1v) is 7.24. The van der Waals surface area contributed by atoms with Crippen LogP contribution in [0.1, 0.15) is 37.8 Å². The Morgan fingerprint density at radius 1 is 1.11 bits per heavy atom. The Hall–Kier alpha value is -1.30. The first-order chi connectivity index (χ1) is 9.30. The minimum absolute atomic E-state index is 0.730. The quantitative estimate of drug-likeness (QED) is 0.541. The summed E-state index contributed by atoms with van der Waals surface area (Å²) in [4.78, 5) is 2.31. The van der Waals surface area contributed by atoms with Crippen molar-refractivity contribution in [3.63, 3.8) is 0 Å². The molecule has 0 atom stereocenters. The summed E-state index contributed by atoms with van der Waals surface area (Å²) in [6.45, 7) is 9.14. The van der Waals surface area contributed by atoms with E-state index in [2.05, 4.69) is 54.3 Å². The lowest BCUT2D eigenvalue weighted by Crippen LogP contribution is -2.24. The van der Waals surface area contributed by atoms with Crippen molar-refractivity contribution in [3.05, 3.63) is 35.4 Å². The van der Waals surface area contributed by atoms with Gasteiger partial charge in [0.1, 0.15) is 0 Å². The van der Waals surface area contributed by atoms with Gasteiger partial charge in [-0.1, -0.05) is 44.0 Å². The van der Waals surface area contributed by atoms with Crippen molar-refractivity contribution in [2.45, 2.75) is 39.8 Å². The molecule has 0 saturated heterocycles. The number of benzene rings is 1. The molecule has 0 saturated carbocycles. The molecule has 1 aromatic rings. The fraction of sp³-hybridized carbons (Fsp3) is 0.529. The lowest BCUT2D eigenvalue weighted by molar-refractivity contribution is 0.299. The lowest BCUT2D eigenvalue weighted by atomic mass is 10.1. The fourth-order valence-electron chi connectivity index (χ4n) is 2.09. The zero-order valence-corrected chi connectivity index (χ0v) is 12.3. The van der Waals surface area contributed by atoms with Crippen molar-refractivity contribution in [2.24, 2.45) is 0 Å². The van der Waals surface area contributed by atoms with Crippen LogP contribution >= 0.6 is 0 Å². The Balaban J connectivity index is 2.48. The predicted molar refractivity (Wildman–Crippen MR) is 82.8 cm³/mol. The maximum atomic E-state index is 5.41. The standard InChI is InChI=1S/C17H26N2/c1-4-11-18-14-16-7-9-17(10-8-16)15-19(12-5-2)13-6-3/h2,7-10,18H,4,6,11-15H2,1,3H3. The Morgan fingerprint density at radius 2 is 1.79 bits per heavy atom. The molecule has 0 aliphatic heterocycles. The van der Waals surface area contributed by atoms with Gasteiger partial charge in [0.2, 0.25) is 0 Å². The second-order valence-corrected chi connectivity index (χ2v) is 4.91. The van der Waals surface area contributed by atoms with Crippen LogP contribution in [0.15, 0.2) is 24.3 Å². The van der Waals surface area contributed by atoms with Crippen LogP contribution in [0.5, 0.6) is 0 Å². The minimum Gasteiger partial charge on any atom is -0.313 e. The summed E-state index contributed by atoms with van der Waals surface area (Å²) < 4.78 is 0. The van der Waals surface area contributed by atoms with E-state index >= 15 is 0 Å². The molecular formula is C17H26N2. The molecule has 1 aromatic carbocycles. The Kier molecular flexibility index (Phi) is 7.97. The van der Waals surface area contributed by atoms with E-state index in [1.54, 1.807) is 0 Å². The number of nitrogens with one attached hydrogen (secondary N) is 1. The van der Waals surface area contributed by atoms with Crippen LogP contribution in [-0.2, 0) is 13.1 Å². The average molecular weight is 258 g/mol. The van der Waals surface area contributed by atoms with Gasteiger partial charge in [0.25, 0.3) is 0 Å². The number of hydrogen-bond acceptors (Lipinski definition) is 2. The van der Waals surface area contributed by atoms with Gasteiger partial charge in [-0.2, -0.15) is 0 Å². The van der Waals surface area contributed by atoms with E-state index in [-0.39, 0.29) is 0 Å². The highest BCUT2D eigenvalue weighted by atomic mass is 15.1. The van der Waals surface area contributed by atoms with Crippen LogP contribution < -0.4 is 5.32 Å². The fourth-order valence-corrected chi connectivity index (χ4v) is 2.09. The van der Waals surface area contributed by atoms with E-state index in [9.17, 15) is 0 Å². The van der Waals surface area contributed by atoms with Crippen molar-refractivity contribution in [1.29, 1.82) is 0 Å². The van der Waals surface area contributed by atoms with Crippen molar-refractivity contribution >= 4 is 0 Å². The third kappa shape index (κ3) is 6.42. The van der Waals surface area contributed by atoms with E-state index in [1.807, 2.05) is 0 Å². The number of hydrogen-bond donors (Lipinski definition) is 1. The molecule has 0 amide bonds. The molecule has 0 aromatic heterocycles. The third-order valence-corrected chi connectivity index (χ3v) is 3.04. The summed E-state index contributed by atoms with van der Waals surface area (Å²) in [6, 6.07) is 8.83. The summed E-state index contributed by atoms with van der Waals surface area (Å²) in [5.74, 6) is 2.73. The van der Waals surface area contributed by atoms with E-state index in [4.69, 9.17) is 6.42 Å². The molecule has 19 heavy (non-hydrogen) atoms. The first kappa shape index (κ1) is 15.8. The smallest absolute Gasteiger partial charge is 0.0601 e. The molecule has 0 fully saturated rings. The van der Waals surface area contributed by atoms with E-state index in [0.717, 1.165) is 39.1 Å². The van der Waals surface area contributed by atoms with E-state index < -0.39 is 0 Å². The summed E-state index contributed by atoms with van der Waals surface area (Å²) >= 11 is 0. The van der Waals surface area contributed by atoms with Crippen LogP contribution in [0.3, 0.4) is 0 Å². The summed E-state index contributed by atoms with van der Waals surface area (Å²) in [5.41, 5.74) is 2.68. The van der Waals surface area contributed by atoms with Crippen LogP contribution in [0.2, 0.25) is 0 Å². The van der Waals surface area contributed by atoms with Gasteiger partial charge in [-0.05, 0) is 37.1 Å². The van der Waals surface area contributed by atoms with Gasteiger partial charge in [-0.3, -0.25) is 4.90 Å². The summed E-state index contributed by atoms with van der Waals surface area (Å²) in [5, 5.41) is 3.42. The van der Waals surface area contributed by atoms with Crippen LogP contribution in [0.25, 0.3) is 0 Å². The molecule has 0 radical (unpaired) electrons. The number of nitrogens with zero attached hydrogens (tertiary/aromatic N) is 1. The van der Waals surface area contributed by atoms with Crippen LogP contribution in [-0.4, -0.2) is 24.5 Å². The molecule has 2 nitrogen and oxygen atoms in total. The highest BCUT2D eigenvalue weighted by molar-refractivity contribution is 5.22. The second-order valence-electron chi connectivity index (χ2n) is 4.91. The second kappa shape index (κ2) is 9.61. The summed E-state index contributed by atoms with van der Waals surface area (Å²) in [7, 11) is 0. The minimum atomic E-state index is 0.730. The molecular weight excluding hydrogens is 232 g/mol. The molecule has 1 N–H and O–H groups in total.